The number of hydrogen-bond donors (Lipinski definition) is 1. The fraction of sp³-hybridized carbons (Fsp3) is 0.538. The van der Waals surface area contributed by atoms with Crippen molar-refractivity contribution in [3.63, 3.8) is 0 Å². The molecule has 16 heavy (non-hydrogen) atoms. The largest absolute Gasteiger partial charge is 0.320 e. The van der Waals surface area contributed by atoms with Gasteiger partial charge >= 0.3 is 0 Å². The molecule has 1 rings (SSSR count). The summed E-state index contributed by atoms with van der Waals surface area (Å²) in [7, 11) is 1.97. The van der Waals surface area contributed by atoms with Gasteiger partial charge < -0.3 is 5.32 Å². The van der Waals surface area contributed by atoms with Crippen molar-refractivity contribution in [2.45, 2.75) is 26.7 Å². The zero-order valence-corrected chi connectivity index (χ0v) is 11.6. The highest BCUT2D eigenvalue weighted by molar-refractivity contribution is 6.42. The molecule has 0 amide bonds. The van der Waals surface area contributed by atoms with Crippen LogP contribution in [-0.2, 0) is 6.42 Å². The third kappa shape index (κ3) is 3.97. The van der Waals surface area contributed by atoms with E-state index >= 15 is 0 Å². The summed E-state index contributed by atoms with van der Waals surface area (Å²) in [4.78, 5) is 0. The van der Waals surface area contributed by atoms with E-state index in [1.54, 1.807) is 0 Å². The zero-order valence-electron chi connectivity index (χ0n) is 10.1. The Morgan fingerprint density at radius 3 is 2.56 bits per heavy atom. The molecule has 90 valence electrons. The minimum atomic E-state index is 0.233. The Hall–Kier alpha value is -0.240. The summed E-state index contributed by atoms with van der Waals surface area (Å²) in [5.41, 5.74) is 1.37. The molecule has 0 aliphatic carbocycles. The lowest BCUT2D eigenvalue weighted by molar-refractivity contribution is 0.329. The summed E-state index contributed by atoms with van der Waals surface area (Å²) in [6.07, 6.45) is 2.07. The molecular weight excluding hydrogens is 241 g/mol. The minimum Gasteiger partial charge on any atom is -0.320 e. The summed E-state index contributed by atoms with van der Waals surface area (Å²) in [6, 6.07) is 5.83. The predicted molar refractivity (Wildman–Crippen MR) is 72.5 cm³/mol. The molecule has 0 spiro atoms. The SMILES string of the molecule is CNCCC(C)(C)Cc1cccc(Cl)c1Cl. The predicted octanol–water partition coefficient (Wildman–Crippen LogP) is 4.17. The fourth-order valence-corrected chi connectivity index (χ4v) is 2.14. The van der Waals surface area contributed by atoms with Crippen LogP contribution < -0.4 is 5.32 Å². The normalized spacial score (nSPS) is 11.8. The monoisotopic (exact) mass is 259 g/mol. The van der Waals surface area contributed by atoms with E-state index in [0.717, 1.165) is 24.9 Å². The fourth-order valence-electron chi connectivity index (χ4n) is 1.75. The summed E-state index contributed by atoms with van der Waals surface area (Å²) in [6.45, 7) is 5.52. The van der Waals surface area contributed by atoms with E-state index in [4.69, 9.17) is 23.2 Å². The third-order valence-corrected chi connectivity index (χ3v) is 3.61. The average molecular weight is 260 g/mol. The molecule has 1 aromatic carbocycles. The number of benzene rings is 1. The van der Waals surface area contributed by atoms with Crippen molar-refractivity contribution in [1.29, 1.82) is 0 Å². The van der Waals surface area contributed by atoms with E-state index in [1.807, 2.05) is 19.2 Å². The molecular formula is C13H19Cl2N. The molecule has 0 aromatic heterocycles. The molecule has 0 fully saturated rings. The van der Waals surface area contributed by atoms with Crippen LogP contribution in [0.5, 0.6) is 0 Å². The maximum absolute atomic E-state index is 6.19. The molecule has 0 saturated heterocycles. The van der Waals surface area contributed by atoms with Crippen LogP contribution in [0.15, 0.2) is 18.2 Å². The second kappa shape index (κ2) is 5.90. The molecule has 0 saturated carbocycles. The summed E-state index contributed by atoms with van der Waals surface area (Å²) in [5.74, 6) is 0. The number of rotatable bonds is 5. The molecule has 0 bridgehead atoms. The maximum atomic E-state index is 6.19. The van der Waals surface area contributed by atoms with Crippen molar-refractivity contribution in [3.05, 3.63) is 33.8 Å². The summed E-state index contributed by atoms with van der Waals surface area (Å²) < 4.78 is 0. The first-order valence-corrected chi connectivity index (χ1v) is 6.29. The Balaban J connectivity index is 2.75. The molecule has 3 heteroatoms. The topological polar surface area (TPSA) is 12.0 Å². The Morgan fingerprint density at radius 2 is 1.94 bits per heavy atom. The molecule has 0 radical (unpaired) electrons. The van der Waals surface area contributed by atoms with Crippen LogP contribution in [0.25, 0.3) is 0 Å². The van der Waals surface area contributed by atoms with Gasteiger partial charge in [0.2, 0.25) is 0 Å². The van der Waals surface area contributed by atoms with Crippen LogP contribution >= 0.6 is 23.2 Å². The van der Waals surface area contributed by atoms with Crippen molar-refractivity contribution in [3.8, 4) is 0 Å². The second-order valence-corrected chi connectivity index (χ2v) is 5.69. The zero-order chi connectivity index (χ0) is 12.2. The van der Waals surface area contributed by atoms with Crippen molar-refractivity contribution in [2.75, 3.05) is 13.6 Å². The maximum Gasteiger partial charge on any atom is 0.0624 e. The molecule has 1 nitrogen and oxygen atoms in total. The van der Waals surface area contributed by atoms with E-state index in [9.17, 15) is 0 Å². The standard InChI is InChI=1S/C13H19Cl2N/c1-13(2,7-8-16-3)9-10-5-4-6-11(14)12(10)15/h4-6,16H,7-9H2,1-3H3. The van der Waals surface area contributed by atoms with Gasteiger partial charge in [0.1, 0.15) is 0 Å². The van der Waals surface area contributed by atoms with Gasteiger partial charge in [-0.1, -0.05) is 49.2 Å². The van der Waals surface area contributed by atoms with Crippen molar-refractivity contribution in [2.24, 2.45) is 5.41 Å². The van der Waals surface area contributed by atoms with E-state index in [-0.39, 0.29) is 5.41 Å². The molecule has 0 heterocycles. The Bertz CT molecular complexity index is 348. The van der Waals surface area contributed by atoms with Crippen LogP contribution in [0.1, 0.15) is 25.8 Å². The van der Waals surface area contributed by atoms with Crippen molar-refractivity contribution in [1.82, 2.24) is 5.32 Å². The second-order valence-electron chi connectivity index (χ2n) is 4.91. The number of halogens is 2. The van der Waals surface area contributed by atoms with Crippen LogP contribution in [0, 0.1) is 5.41 Å². The first-order valence-electron chi connectivity index (χ1n) is 5.54. The highest BCUT2D eigenvalue weighted by Gasteiger charge is 2.19. The van der Waals surface area contributed by atoms with E-state index in [1.165, 1.54) is 0 Å². The van der Waals surface area contributed by atoms with Gasteiger partial charge in [-0.25, -0.2) is 0 Å². The van der Waals surface area contributed by atoms with Gasteiger partial charge in [0, 0.05) is 0 Å². The highest BCUT2D eigenvalue weighted by Crippen LogP contribution is 2.32. The lowest BCUT2D eigenvalue weighted by Gasteiger charge is -2.25. The van der Waals surface area contributed by atoms with Gasteiger partial charge in [0.15, 0.2) is 0 Å². The van der Waals surface area contributed by atoms with E-state index in [0.29, 0.717) is 10.0 Å². The molecule has 0 aliphatic heterocycles. The third-order valence-electron chi connectivity index (χ3n) is 2.75. The van der Waals surface area contributed by atoms with Gasteiger partial charge in [-0.3, -0.25) is 0 Å². The van der Waals surface area contributed by atoms with E-state index in [2.05, 4.69) is 25.2 Å². The summed E-state index contributed by atoms with van der Waals surface area (Å²) >= 11 is 12.2. The molecule has 1 aromatic rings. The van der Waals surface area contributed by atoms with Gasteiger partial charge in [-0.2, -0.15) is 0 Å². The molecule has 0 aliphatic rings. The lowest BCUT2D eigenvalue weighted by atomic mass is 9.82. The number of nitrogens with one attached hydrogen (secondary N) is 1. The molecule has 1 N–H and O–H groups in total. The van der Waals surface area contributed by atoms with Crippen molar-refractivity contribution >= 4 is 23.2 Å². The Morgan fingerprint density at radius 1 is 1.25 bits per heavy atom. The van der Waals surface area contributed by atoms with Crippen LogP contribution in [0.2, 0.25) is 10.0 Å². The van der Waals surface area contributed by atoms with Gasteiger partial charge in [0.25, 0.3) is 0 Å². The number of hydrogen-bond acceptors (Lipinski definition) is 1. The van der Waals surface area contributed by atoms with Gasteiger partial charge in [-0.05, 0) is 43.5 Å². The first-order chi connectivity index (χ1) is 7.46. The molecule has 0 atom stereocenters. The lowest BCUT2D eigenvalue weighted by Crippen LogP contribution is -2.21. The first kappa shape index (κ1) is 13.8. The van der Waals surface area contributed by atoms with Gasteiger partial charge in [-0.15, -0.1) is 0 Å². The van der Waals surface area contributed by atoms with Crippen LogP contribution in [0.3, 0.4) is 0 Å². The average Bonchev–Trinajstić information content (AvgIpc) is 2.22. The Kier molecular flexibility index (Phi) is 5.10. The Labute approximate surface area is 108 Å². The van der Waals surface area contributed by atoms with E-state index < -0.39 is 0 Å². The highest BCUT2D eigenvalue weighted by atomic mass is 35.5. The minimum absolute atomic E-state index is 0.233. The smallest absolute Gasteiger partial charge is 0.0624 e. The quantitative estimate of drug-likeness (QED) is 0.837. The van der Waals surface area contributed by atoms with Gasteiger partial charge in [0.05, 0.1) is 10.0 Å². The van der Waals surface area contributed by atoms with Crippen LogP contribution in [0.4, 0.5) is 0 Å². The van der Waals surface area contributed by atoms with Crippen LogP contribution in [-0.4, -0.2) is 13.6 Å². The molecule has 0 unspecified atom stereocenters. The van der Waals surface area contributed by atoms with Crippen molar-refractivity contribution < 1.29 is 0 Å². The summed E-state index contributed by atoms with van der Waals surface area (Å²) in [5, 5.41) is 4.51.